The Labute approximate surface area is 131 Å². The molecule has 0 aliphatic carbocycles. The predicted octanol–water partition coefficient (Wildman–Crippen LogP) is 3.66. The Kier molecular flexibility index (Phi) is 5.47. The summed E-state index contributed by atoms with van der Waals surface area (Å²) in [6.45, 7) is 0.844. The van der Waals surface area contributed by atoms with Crippen molar-refractivity contribution in [3.8, 4) is 0 Å². The van der Waals surface area contributed by atoms with Crippen LogP contribution in [0.15, 0.2) is 46.9 Å². The van der Waals surface area contributed by atoms with E-state index in [-0.39, 0.29) is 11.5 Å². The van der Waals surface area contributed by atoms with E-state index in [9.17, 15) is 9.18 Å². The van der Waals surface area contributed by atoms with Gasteiger partial charge in [0.15, 0.2) is 0 Å². The molecule has 21 heavy (non-hydrogen) atoms. The summed E-state index contributed by atoms with van der Waals surface area (Å²) >= 11 is 3.25. The molecule has 0 radical (unpaired) electrons. The van der Waals surface area contributed by atoms with Gasteiger partial charge < -0.3 is 10.1 Å². The molecule has 0 saturated carbocycles. The lowest BCUT2D eigenvalue weighted by Crippen LogP contribution is -2.24. The van der Waals surface area contributed by atoms with Crippen molar-refractivity contribution >= 4 is 21.8 Å². The first-order chi connectivity index (χ1) is 10.1. The summed E-state index contributed by atoms with van der Waals surface area (Å²) in [6.07, 6.45) is 0. The molecule has 110 valence electrons. The molecule has 2 aromatic carbocycles. The van der Waals surface area contributed by atoms with Crippen LogP contribution in [-0.2, 0) is 17.9 Å². The van der Waals surface area contributed by atoms with Crippen LogP contribution in [0.25, 0.3) is 0 Å². The zero-order chi connectivity index (χ0) is 15.2. The Morgan fingerprint density at radius 1 is 1.24 bits per heavy atom. The predicted molar refractivity (Wildman–Crippen MR) is 82.4 cm³/mol. The molecule has 0 unspecified atom stereocenters. The van der Waals surface area contributed by atoms with Gasteiger partial charge in [-0.05, 0) is 45.3 Å². The molecule has 0 atom stereocenters. The van der Waals surface area contributed by atoms with Crippen molar-refractivity contribution < 1.29 is 13.9 Å². The third-order valence-electron chi connectivity index (χ3n) is 3.03. The average molecular weight is 352 g/mol. The van der Waals surface area contributed by atoms with Gasteiger partial charge in [0.1, 0.15) is 5.82 Å². The lowest BCUT2D eigenvalue weighted by Gasteiger charge is -2.11. The standard InChI is InChI=1S/C16H15BrFNO2/c1-21-10-12-5-3-2-4-11(12)9-19-16(20)14-8-13(18)6-7-15(14)17/h2-8H,9-10H2,1H3,(H,19,20). The summed E-state index contributed by atoms with van der Waals surface area (Å²) in [7, 11) is 1.62. The Morgan fingerprint density at radius 2 is 1.95 bits per heavy atom. The second-order valence-corrected chi connectivity index (χ2v) is 5.36. The van der Waals surface area contributed by atoms with Crippen molar-refractivity contribution in [2.75, 3.05) is 7.11 Å². The minimum absolute atomic E-state index is 0.277. The second-order valence-electron chi connectivity index (χ2n) is 4.51. The molecule has 0 aliphatic rings. The van der Waals surface area contributed by atoms with E-state index >= 15 is 0 Å². The summed E-state index contributed by atoms with van der Waals surface area (Å²) in [5.41, 5.74) is 2.26. The van der Waals surface area contributed by atoms with Gasteiger partial charge in [-0.15, -0.1) is 0 Å². The van der Waals surface area contributed by atoms with Gasteiger partial charge in [-0.3, -0.25) is 4.79 Å². The van der Waals surface area contributed by atoms with Crippen LogP contribution in [0.5, 0.6) is 0 Å². The minimum atomic E-state index is -0.442. The highest BCUT2D eigenvalue weighted by molar-refractivity contribution is 9.10. The number of hydrogen-bond acceptors (Lipinski definition) is 2. The van der Waals surface area contributed by atoms with E-state index in [1.807, 2.05) is 24.3 Å². The van der Waals surface area contributed by atoms with E-state index in [0.29, 0.717) is 17.6 Å². The first-order valence-electron chi connectivity index (χ1n) is 6.41. The molecule has 0 aromatic heterocycles. The van der Waals surface area contributed by atoms with E-state index in [1.165, 1.54) is 18.2 Å². The van der Waals surface area contributed by atoms with Gasteiger partial charge in [-0.25, -0.2) is 4.39 Å². The van der Waals surface area contributed by atoms with Crippen LogP contribution < -0.4 is 5.32 Å². The second kappa shape index (κ2) is 7.33. The lowest BCUT2D eigenvalue weighted by atomic mass is 10.1. The van der Waals surface area contributed by atoms with Crippen molar-refractivity contribution in [1.82, 2.24) is 5.32 Å². The first kappa shape index (κ1) is 15.7. The van der Waals surface area contributed by atoms with E-state index in [4.69, 9.17) is 4.74 Å². The van der Waals surface area contributed by atoms with Crippen LogP contribution in [0.4, 0.5) is 4.39 Å². The molecule has 5 heteroatoms. The van der Waals surface area contributed by atoms with Crippen LogP contribution in [0.3, 0.4) is 0 Å². The summed E-state index contributed by atoms with van der Waals surface area (Å²) < 4.78 is 18.9. The highest BCUT2D eigenvalue weighted by atomic mass is 79.9. The SMILES string of the molecule is COCc1ccccc1CNC(=O)c1cc(F)ccc1Br. The molecule has 0 spiro atoms. The highest BCUT2D eigenvalue weighted by Crippen LogP contribution is 2.18. The maximum absolute atomic E-state index is 13.2. The molecule has 0 aliphatic heterocycles. The molecule has 1 amide bonds. The van der Waals surface area contributed by atoms with Crippen molar-refractivity contribution in [2.24, 2.45) is 0 Å². The van der Waals surface area contributed by atoms with E-state index in [0.717, 1.165) is 11.1 Å². The molecule has 1 N–H and O–H groups in total. The fourth-order valence-corrected chi connectivity index (χ4v) is 2.40. The van der Waals surface area contributed by atoms with Crippen LogP contribution >= 0.6 is 15.9 Å². The van der Waals surface area contributed by atoms with Gasteiger partial charge in [-0.2, -0.15) is 0 Å². The molecule has 0 heterocycles. The number of halogens is 2. The Bertz CT molecular complexity index is 646. The van der Waals surface area contributed by atoms with Crippen molar-refractivity contribution in [3.05, 3.63) is 69.4 Å². The Hall–Kier alpha value is -1.72. The van der Waals surface area contributed by atoms with E-state index < -0.39 is 5.82 Å². The quantitative estimate of drug-likeness (QED) is 0.892. The average Bonchev–Trinajstić information content (AvgIpc) is 2.49. The number of carbonyl (C=O) groups excluding carboxylic acids is 1. The molecular weight excluding hydrogens is 337 g/mol. The van der Waals surface area contributed by atoms with Gasteiger partial charge in [0.2, 0.25) is 0 Å². The van der Waals surface area contributed by atoms with Gasteiger partial charge in [-0.1, -0.05) is 24.3 Å². The number of amides is 1. The van der Waals surface area contributed by atoms with Crippen molar-refractivity contribution in [3.63, 3.8) is 0 Å². The zero-order valence-electron chi connectivity index (χ0n) is 11.5. The summed E-state index contributed by atoms with van der Waals surface area (Å²) in [5, 5.41) is 2.79. The first-order valence-corrected chi connectivity index (χ1v) is 7.20. The third-order valence-corrected chi connectivity index (χ3v) is 3.72. The maximum atomic E-state index is 13.2. The Balaban J connectivity index is 2.09. The normalized spacial score (nSPS) is 10.4. The van der Waals surface area contributed by atoms with Gasteiger partial charge in [0, 0.05) is 18.1 Å². The van der Waals surface area contributed by atoms with E-state index in [1.54, 1.807) is 7.11 Å². The highest BCUT2D eigenvalue weighted by Gasteiger charge is 2.11. The Morgan fingerprint density at radius 3 is 2.67 bits per heavy atom. The molecular formula is C16H15BrFNO2. The number of methoxy groups -OCH3 is 1. The van der Waals surface area contributed by atoms with Crippen LogP contribution in [0.1, 0.15) is 21.5 Å². The van der Waals surface area contributed by atoms with Crippen LogP contribution in [-0.4, -0.2) is 13.0 Å². The maximum Gasteiger partial charge on any atom is 0.252 e. The minimum Gasteiger partial charge on any atom is -0.380 e. The van der Waals surface area contributed by atoms with Gasteiger partial charge in [0.25, 0.3) is 5.91 Å². The topological polar surface area (TPSA) is 38.3 Å². The van der Waals surface area contributed by atoms with Crippen LogP contribution in [0.2, 0.25) is 0 Å². The van der Waals surface area contributed by atoms with Crippen LogP contribution in [0, 0.1) is 5.82 Å². The zero-order valence-corrected chi connectivity index (χ0v) is 13.1. The number of nitrogens with one attached hydrogen (secondary N) is 1. The number of benzene rings is 2. The molecule has 2 aromatic rings. The summed E-state index contributed by atoms with van der Waals surface area (Å²) in [4.78, 5) is 12.1. The number of rotatable bonds is 5. The fraction of sp³-hybridized carbons (Fsp3) is 0.188. The number of hydrogen-bond donors (Lipinski definition) is 1. The fourth-order valence-electron chi connectivity index (χ4n) is 1.97. The summed E-state index contributed by atoms with van der Waals surface area (Å²) in [5.74, 6) is -0.767. The summed E-state index contributed by atoms with van der Waals surface area (Å²) in [6, 6.07) is 11.7. The lowest BCUT2D eigenvalue weighted by molar-refractivity contribution is 0.0949. The molecule has 0 fully saturated rings. The van der Waals surface area contributed by atoms with E-state index in [2.05, 4.69) is 21.2 Å². The number of carbonyl (C=O) groups is 1. The van der Waals surface area contributed by atoms with Crippen molar-refractivity contribution in [1.29, 1.82) is 0 Å². The number of ether oxygens (including phenoxy) is 1. The molecule has 0 saturated heterocycles. The molecule has 0 bridgehead atoms. The largest absolute Gasteiger partial charge is 0.380 e. The third kappa shape index (κ3) is 4.12. The molecule has 3 nitrogen and oxygen atoms in total. The molecule has 2 rings (SSSR count). The van der Waals surface area contributed by atoms with Gasteiger partial charge in [0.05, 0.1) is 12.2 Å². The monoisotopic (exact) mass is 351 g/mol. The smallest absolute Gasteiger partial charge is 0.252 e. The van der Waals surface area contributed by atoms with Crippen molar-refractivity contribution in [2.45, 2.75) is 13.2 Å². The van der Waals surface area contributed by atoms with Gasteiger partial charge >= 0.3 is 0 Å².